The third-order valence-electron chi connectivity index (χ3n) is 1.91. The summed E-state index contributed by atoms with van der Waals surface area (Å²) in [6.07, 6.45) is 0. The molecule has 0 spiro atoms. The largest absolute Gasteiger partial charge is 0.316 e. The van der Waals surface area contributed by atoms with Crippen LogP contribution in [0.4, 0.5) is 0 Å². The van der Waals surface area contributed by atoms with Gasteiger partial charge in [0.1, 0.15) is 0 Å². The Morgan fingerprint density at radius 1 is 1.10 bits per heavy atom. The highest BCUT2D eigenvalue weighted by atomic mass is 14.9. The predicted octanol–water partition coefficient (Wildman–Crippen LogP) is 2.28. The van der Waals surface area contributed by atoms with Crippen molar-refractivity contribution in [1.82, 2.24) is 5.32 Å². The first-order valence-corrected chi connectivity index (χ1v) is 4.07. The Morgan fingerprint density at radius 3 is 1.50 bits per heavy atom. The third kappa shape index (κ3) is 2.70. The standard InChI is InChI=1S/C9H21N/c1-7(2)8(10-6)9(3,4)5/h7-8,10H,1-6H3/t8-/m1/s1. The Kier molecular flexibility index (Phi) is 3.37. The molecule has 0 aliphatic carbocycles. The molecule has 0 saturated carbocycles. The SMILES string of the molecule is CN[C@H](C(C)C)C(C)(C)C. The van der Waals surface area contributed by atoms with Gasteiger partial charge < -0.3 is 5.32 Å². The molecule has 0 aromatic carbocycles. The third-order valence-corrected chi connectivity index (χ3v) is 1.91. The van der Waals surface area contributed by atoms with Crippen molar-refractivity contribution in [3.05, 3.63) is 0 Å². The highest BCUT2D eigenvalue weighted by Crippen LogP contribution is 2.24. The van der Waals surface area contributed by atoms with Crippen LogP contribution in [0.5, 0.6) is 0 Å². The zero-order valence-electron chi connectivity index (χ0n) is 8.15. The maximum atomic E-state index is 3.34. The average molecular weight is 143 g/mol. The maximum Gasteiger partial charge on any atom is 0.0136 e. The van der Waals surface area contributed by atoms with E-state index in [2.05, 4.69) is 39.9 Å². The van der Waals surface area contributed by atoms with Crippen LogP contribution in [-0.4, -0.2) is 13.1 Å². The van der Waals surface area contributed by atoms with Gasteiger partial charge in [0.25, 0.3) is 0 Å². The molecule has 0 bridgehead atoms. The Morgan fingerprint density at radius 2 is 1.50 bits per heavy atom. The van der Waals surface area contributed by atoms with Crippen LogP contribution in [0.1, 0.15) is 34.6 Å². The van der Waals surface area contributed by atoms with Gasteiger partial charge in [-0.1, -0.05) is 34.6 Å². The zero-order valence-corrected chi connectivity index (χ0v) is 8.15. The average Bonchev–Trinajstić information content (AvgIpc) is 1.60. The van der Waals surface area contributed by atoms with Crippen LogP contribution in [0.25, 0.3) is 0 Å². The zero-order chi connectivity index (χ0) is 8.36. The minimum atomic E-state index is 0.378. The highest BCUT2D eigenvalue weighted by Gasteiger charge is 2.25. The molecule has 1 nitrogen and oxygen atoms in total. The lowest BCUT2D eigenvalue weighted by Gasteiger charge is -2.33. The molecule has 0 rings (SSSR count). The van der Waals surface area contributed by atoms with Crippen LogP contribution in [0.15, 0.2) is 0 Å². The van der Waals surface area contributed by atoms with Crippen molar-refractivity contribution in [3.8, 4) is 0 Å². The van der Waals surface area contributed by atoms with Crippen LogP contribution in [0.3, 0.4) is 0 Å². The van der Waals surface area contributed by atoms with Crippen molar-refractivity contribution in [2.75, 3.05) is 7.05 Å². The molecule has 0 aliphatic rings. The molecule has 62 valence electrons. The van der Waals surface area contributed by atoms with E-state index >= 15 is 0 Å². The van der Waals surface area contributed by atoms with E-state index < -0.39 is 0 Å². The molecule has 0 fully saturated rings. The van der Waals surface area contributed by atoms with Gasteiger partial charge in [-0.2, -0.15) is 0 Å². The smallest absolute Gasteiger partial charge is 0.0136 e. The predicted molar refractivity (Wildman–Crippen MR) is 47.1 cm³/mol. The molecule has 0 aromatic rings. The topological polar surface area (TPSA) is 12.0 Å². The van der Waals surface area contributed by atoms with Gasteiger partial charge in [-0.25, -0.2) is 0 Å². The summed E-state index contributed by atoms with van der Waals surface area (Å²) >= 11 is 0. The van der Waals surface area contributed by atoms with Crippen molar-refractivity contribution in [3.63, 3.8) is 0 Å². The van der Waals surface area contributed by atoms with E-state index in [4.69, 9.17) is 0 Å². The van der Waals surface area contributed by atoms with Crippen LogP contribution in [0, 0.1) is 11.3 Å². The second-order valence-electron chi connectivity index (χ2n) is 4.38. The molecule has 0 saturated heterocycles. The van der Waals surface area contributed by atoms with Gasteiger partial charge >= 0.3 is 0 Å². The number of hydrogen-bond acceptors (Lipinski definition) is 1. The highest BCUT2D eigenvalue weighted by molar-refractivity contribution is 4.81. The molecule has 0 radical (unpaired) electrons. The summed E-state index contributed by atoms with van der Waals surface area (Å²) in [4.78, 5) is 0. The van der Waals surface area contributed by atoms with Crippen LogP contribution >= 0.6 is 0 Å². The van der Waals surface area contributed by atoms with E-state index in [0.29, 0.717) is 17.4 Å². The van der Waals surface area contributed by atoms with Gasteiger partial charge in [0.15, 0.2) is 0 Å². The molecular weight excluding hydrogens is 122 g/mol. The minimum absolute atomic E-state index is 0.378. The molecule has 1 atom stereocenters. The first kappa shape index (κ1) is 9.96. The second-order valence-corrected chi connectivity index (χ2v) is 4.38. The fourth-order valence-corrected chi connectivity index (χ4v) is 1.77. The van der Waals surface area contributed by atoms with Crippen molar-refractivity contribution < 1.29 is 0 Å². The Labute approximate surface area is 65.2 Å². The van der Waals surface area contributed by atoms with Gasteiger partial charge in [-0.15, -0.1) is 0 Å². The van der Waals surface area contributed by atoms with Crippen LogP contribution in [-0.2, 0) is 0 Å². The lowest BCUT2D eigenvalue weighted by Crippen LogP contribution is -2.42. The Hall–Kier alpha value is -0.0400. The molecule has 10 heavy (non-hydrogen) atoms. The Balaban J connectivity index is 4.07. The maximum absolute atomic E-state index is 3.34. The van der Waals surface area contributed by atoms with Gasteiger partial charge in [0.2, 0.25) is 0 Å². The molecule has 0 amide bonds. The lowest BCUT2D eigenvalue weighted by molar-refractivity contribution is 0.224. The van der Waals surface area contributed by atoms with E-state index in [1.807, 2.05) is 7.05 Å². The summed E-state index contributed by atoms with van der Waals surface area (Å²) in [7, 11) is 2.04. The molecule has 0 aliphatic heterocycles. The summed E-state index contributed by atoms with van der Waals surface area (Å²) < 4.78 is 0. The number of rotatable bonds is 2. The van der Waals surface area contributed by atoms with E-state index in [-0.39, 0.29) is 0 Å². The number of nitrogens with one attached hydrogen (secondary N) is 1. The van der Waals surface area contributed by atoms with E-state index in [1.54, 1.807) is 0 Å². The summed E-state index contributed by atoms with van der Waals surface area (Å²) in [6.45, 7) is 11.3. The van der Waals surface area contributed by atoms with Crippen molar-refractivity contribution in [2.24, 2.45) is 11.3 Å². The number of hydrogen-bond donors (Lipinski definition) is 1. The van der Waals surface area contributed by atoms with Crippen molar-refractivity contribution in [1.29, 1.82) is 0 Å². The molecule has 0 unspecified atom stereocenters. The summed E-state index contributed by atoms with van der Waals surface area (Å²) in [6, 6.07) is 0.618. The Bertz CT molecular complexity index is 89.4. The fourth-order valence-electron chi connectivity index (χ4n) is 1.77. The molecular formula is C9H21N. The fraction of sp³-hybridized carbons (Fsp3) is 1.00. The lowest BCUT2D eigenvalue weighted by atomic mass is 9.80. The first-order valence-electron chi connectivity index (χ1n) is 4.07. The molecule has 1 N–H and O–H groups in total. The van der Waals surface area contributed by atoms with Crippen LogP contribution in [0.2, 0.25) is 0 Å². The summed E-state index contributed by atoms with van der Waals surface area (Å²) in [5.74, 6) is 0.713. The van der Waals surface area contributed by atoms with Gasteiger partial charge in [0.05, 0.1) is 0 Å². The van der Waals surface area contributed by atoms with Gasteiger partial charge in [-0.05, 0) is 18.4 Å². The van der Waals surface area contributed by atoms with E-state index in [9.17, 15) is 0 Å². The minimum Gasteiger partial charge on any atom is -0.316 e. The van der Waals surface area contributed by atoms with Crippen molar-refractivity contribution >= 4 is 0 Å². The first-order chi connectivity index (χ1) is 4.39. The second kappa shape index (κ2) is 3.38. The van der Waals surface area contributed by atoms with Crippen LogP contribution < -0.4 is 5.32 Å². The summed E-state index contributed by atoms with van der Waals surface area (Å²) in [5.41, 5.74) is 0.378. The molecule has 0 heterocycles. The monoisotopic (exact) mass is 143 g/mol. The van der Waals surface area contributed by atoms with E-state index in [1.165, 1.54) is 0 Å². The van der Waals surface area contributed by atoms with E-state index in [0.717, 1.165) is 0 Å². The van der Waals surface area contributed by atoms with Crippen molar-refractivity contribution in [2.45, 2.75) is 40.7 Å². The quantitative estimate of drug-likeness (QED) is 0.625. The molecule has 1 heteroatoms. The normalized spacial score (nSPS) is 15.9. The molecule has 0 aromatic heterocycles. The van der Waals surface area contributed by atoms with Gasteiger partial charge in [-0.3, -0.25) is 0 Å². The van der Waals surface area contributed by atoms with Gasteiger partial charge in [0, 0.05) is 6.04 Å². The summed E-state index contributed by atoms with van der Waals surface area (Å²) in [5, 5.41) is 3.34.